The van der Waals surface area contributed by atoms with E-state index in [-0.39, 0.29) is 5.78 Å². The van der Waals surface area contributed by atoms with Gasteiger partial charge < -0.3 is 0 Å². The van der Waals surface area contributed by atoms with E-state index < -0.39 is 0 Å². The molecule has 16 heavy (non-hydrogen) atoms. The zero-order chi connectivity index (χ0) is 12.7. The van der Waals surface area contributed by atoms with Gasteiger partial charge in [-0.2, -0.15) is 0 Å². The van der Waals surface area contributed by atoms with Gasteiger partial charge in [-0.25, -0.2) is 0 Å². The number of rotatable bonds is 5. The molecule has 0 spiro atoms. The number of carbonyl (C=O) groups excluding carboxylic acids is 1. The molecule has 0 amide bonds. The molecule has 0 aromatic rings. The molecule has 0 saturated heterocycles. The highest BCUT2D eigenvalue weighted by atomic mass is 16.1. The van der Waals surface area contributed by atoms with Crippen LogP contribution in [0, 0.1) is 5.92 Å². The quantitative estimate of drug-likeness (QED) is 0.498. The summed E-state index contributed by atoms with van der Waals surface area (Å²) in [5.41, 5.74) is 3.04. The number of allylic oxidation sites excluding steroid dienone is 7. The lowest BCUT2D eigenvalue weighted by Crippen LogP contribution is -1.97. The summed E-state index contributed by atoms with van der Waals surface area (Å²) in [5, 5.41) is 0. The molecule has 1 heteroatoms. The highest BCUT2D eigenvalue weighted by Crippen LogP contribution is 2.18. The Morgan fingerprint density at radius 2 is 1.81 bits per heavy atom. The standard InChI is InChI=1S/C15H22O/c1-7-9-15(12(5)11(3)4)10-14(8-2)13(6)16/h7-11H,2H2,1,3-6H3/b9-7-,14-10+,15-12-. The first-order chi connectivity index (χ1) is 7.43. The number of hydrogen-bond acceptors (Lipinski definition) is 1. The second-order valence-electron chi connectivity index (χ2n) is 4.15. The molecule has 0 aromatic heterocycles. The van der Waals surface area contributed by atoms with Crippen molar-refractivity contribution in [3.8, 4) is 0 Å². The van der Waals surface area contributed by atoms with Crippen molar-refractivity contribution in [1.29, 1.82) is 0 Å². The fraction of sp³-hybridized carbons (Fsp3) is 0.400. The van der Waals surface area contributed by atoms with E-state index in [2.05, 4.69) is 27.4 Å². The topological polar surface area (TPSA) is 17.1 Å². The molecule has 0 fully saturated rings. The first kappa shape index (κ1) is 14.6. The predicted molar refractivity (Wildman–Crippen MR) is 71.3 cm³/mol. The van der Waals surface area contributed by atoms with E-state index in [1.807, 2.05) is 25.2 Å². The number of hydrogen-bond donors (Lipinski definition) is 0. The number of ketones is 1. The molecule has 88 valence electrons. The van der Waals surface area contributed by atoms with Crippen LogP contribution in [0.1, 0.15) is 34.6 Å². The summed E-state index contributed by atoms with van der Waals surface area (Å²) < 4.78 is 0. The van der Waals surface area contributed by atoms with Crippen molar-refractivity contribution >= 4 is 5.78 Å². The fourth-order valence-corrected chi connectivity index (χ4v) is 1.28. The molecule has 0 saturated carbocycles. The Kier molecular flexibility index (Phi) is 6.40. The van der Waals surface area contributed by atoms with E-state index in [4.69, 9.17) is 0 Å². The first-order valence-corrected chi connectivity index (χ1v) is 5.62. The third kappa shape index (κ3) is 4.43. The zero-order valence-corrected chi connectivity index (χ0v) is 11.0. The first-order valence-electron chi connectivity index (χ1n) is 5.62. The molecule has 0 aliphatic heterocycles. The minimum absolute atomic E-state index is 0.0496. The largest absolute Gasteiger partial charge is 0.295 e. The van der Waals surface area contributed by atoms with Gasteiger partial charge in [-0.1, -0.05) is 44.2 Å². The molecule has 0 bridgehead atoms. The van der Waals surface area contributed by atoms with Gasteiger partial charge in [0.2, 0.25) is 0 Å². The van der Waals surface area contributed by atoms with Crippen LogP contribution in [0.15, 0.2) is 47.6 Å². The van der Waals surface area contributed by atoms with Gasteiger partial charge in [0.25, 0.3) is 0 Å². The predicted octanol–water partition coefficient (Wildman–Crippen LogP) is 4.24. The van der Waals surface area contributed by atoms with Crippen molar-refractivity contribution in [3.63, 3.8) is 0 Å². The van der Waals surface area contributed by atoms with Crippen molar-refractivity contribution < 1.29 is 4.79 Å². The van der Waals surface area contributed by atoms with Crippen LogP contribution >= 0.6 is 0 Å². The third-order valence-corrected chi connectivity index (χ3v) is 2.61. The minimum Gasteiger partial charge on any atom is -0.295 e. The summed E-state index contributed by atoms with van der Waals surface area (Å²) in [5.74, 6) is 0.522. The van der Waals surface area contributed by atoms with Gasteiger partial charge in [0.1, 0.15) is 0 Å². The van der Waals surface area contributed by atoms with Crippen LogP contribution < -0.4 is 0 Å². The highest BCUT2D eigenvalue weighted by molar-refractivity contribution is 5.96. The minimum atomic E-state index is 0.0496. The number of carbonyl (C=O) groups is 1. The fourth-order valence-electron chi connectivity index (χ4n) is 1.28. The second kappa shape index (κ2) is 7.00. The molecule has 0 aromatic carbocycles. The molecule has 0 rings (SSSR count). The average molecular weight is 218 g/mol. The van der Waals surface area contributed by atoms with Crippen LogP contribution in [-0.2, 0) is 4.79 Å². The SMILES string of the molecule is C=C\C(=C/C(/C=C\C)=C(/C)C(C)C)C(C)=O. The maximum Gasteiger partial charge on any atom is 0.159 e. The lowest BCUT2D eigenvalue weighted by atomic mass is 9.96. The summed E-state index contributed by atoms with van der Waals surface area (Å²) in [4.78, 5) is 11.3. The molecular formula is C15H22O. The third-order valence-electron chi connectivity index (χ3n) is 2.61. The Hall–Kier alpha value is -1.37. The Morgan fingerprint density at radius 1 is 1.25 bits per heavy atom. The second-order valence-corrected chi connectivity index (χ2v) is 4.15. The van der Waals surface area contributed by atoms with E-state index in [1.54, 1.807) is 13.0 Å². The Bertz CT molecular complexity index is 352. The average Bonchev–Trinajstić information content (AvgIpc) is 2.22. The van der Waals surface area contributed by atoms with E-state index in [0.29, 0.717) is 11.5 Å². The Morgan fingerprint density at radius 3 is 2.12 bits per heavy atom. The summed E-state index contributed by atoms with van der Waals surface area (Å²) in [7, 11) is 0. The Labute approximate surface area is 99.3 Å². The number of Topliss-reactive ketones (excluding diaryl/α,β-unsaturated/α-hetero) is 1. The van der Waals surface area contributed by atoms with Gasteiger partial charge in [0.05, 0.1) is 0 Å². The van der Waals surface area contributed by atoms with Gasteiger partial charge in [-0.15, -0.1) is 0 Å². The molecule has 0 atom stereocenters. The molecule has 1 nitrogen and oxygen atoms in total. The van der Waals surface area contributed by atoms with Crippen molar-refractivity contribution in [2.24, 2.45) is 5.92 Å². The summed E-state index contributed by atoms with van der Waals surface area (Å²) in [6, 6.07) is 0. The van der Waals surface area contributed by atoms with Crippen LogP contribution in [-0.4, -0.2) is 5.78 Å². The van der Waals surface area contributed by atoms with Gasteiger partial charge >= 0.3 is 0 Å². The van der Waals surface area contributed by atoms with E-state index >= 15 is 0 Å². The molecular weight excluding hydrogens is 196 g/mol. The van der Waals surface area contributed by atoms with Crippen LogP contribution in [0.25, 0.3) is 0 Å². The van der Waals surface area contributed by atoms with Crippen molar-refractivity contribution in [3.05, 3.63) is 47.6 Å². The van der Waals surface area contributed by atoms with Crippen molar-refractivity contribution in [2.45, 2.75) is 34.6 Å². The van der Waals surface area contributed by atoms with Gasteiger partial charge in [-0.05, 0) is 38.3 Å². The monoisotopic (exact) mass is 218 g/mol. The van der Waals surface area contributed by atoms with E-state index in [0.717, 1.165) is 5.57 Å². The molecule has 0 unspecified atom stereocenters. The van der Waals surface area contributed by atoms with E-state index in [1.165, 1.54) is 5.57 Å². The van der Waals surface area contributed by atoms with Gasteiger partial charge in [0, 0.05) is 5.57 Å². The van der Waals surface area contributed by atoms with Crippen LogP contribution in [0.4, 0.5) is 0 Å². The summed E-state index contributed by atoms with van der Waals surface area (Å²) >= 11 is 0. The molecule has 0 radical (unpaired) electrons. The molecule has 0 N–H and O–H groups in total. The molecule has 0 heterocycles. The van der Waals surface area contributed by atoms with Gasteiger partial charge in [0.15, 0.2) is 5.78 Å². The van der Waals surface area contributed by atoms with Gasteiger partial charge in [-0.3, -0.25) is 4.79 Å². The van der Waals surface area contributed by atoms with Crippen molar-refractivity contribution in [1.82, 2.24) is 0 Å². The maximum absolute atomic E-state index is 11.3. The summed E-state index contributed by atoms with van der Waals surface area (Å²) in [6.07, 6.45) is 7.53. The lowest BCUT2D eigenvalue weighted by Gasteiger charge is -2.09. The summed E-state index contributed by atoms with van der Waals surface area (Å²) in [6.45, 7) is 13.6. The van der Waals surface area contributed by atoms with Crippen LogP contribution in [0.3, 0.4) is 0 Å². The zero-order valence-electron chi connectivity index (χ0n) is 11.0. The Balaban J connectivity index is 5.48. The molecule has 0 aliphatic carbocycles. The van der Waals surface area contributed by atoms with E-state index in [9.17, 15) is 4.79 Å². The lowest BCUT2D eigenvalue weighted by molar-refractivity contribution is -0.113. The maximum atomic E-state index is 11.3. The van der Waals surface area contributed by atoms with Crippen LogP contribution in [0.2, 0.25) is 0 Å². The van der Waals surface area contributed by atoms with Crippen molar-refractivity contribution in [2.75, 3.05) is 0 Å². The van der Waals surface area contributed by atoms with Crippen LogP contribution in [0.5, 0.6) is 0 Å². The molecule has 0 aliphatic rings. The normalized spacial score (nSPS) is 14.2. The smallest absolute Gasteiger partial charge is 0.159 e. The highest BCUT2D eigenvalue weighted by Gasteiger charge is 2.04.